The number of nitrogens with zero attached hydrogens (tertiary/aromatic N) is 2. The van der Waals surface area contributed by atoms with Crippen LogP contribution in [-0.4, -0.2) is 34.7 Å². The summed E-state index contributed by atoms with van der Waals surface area (Å²) in [5.74, 6) is 1.26. The second-order valence-corrected chi connectivity index (χ2v) is 4.33. The van der Waals surface area contributed by atoms with Gasteiger partial charge in [-0.1, -0.05) is 12.8 Å². The quantitative estimate of drug-likeness (QED) is 0.667. The van der Waals surface area contributed by atoms with Gasteiger partial charge in [-0.3, -0.25) is 4.79 Å². The van der Waals surface area contributed by atoms with Crippen molar-refractivity contribution in [3.63, 3.8) is 0 Å². The Morgan fingerprint density at radius 3 is 2.74 bits per heavy atom. The van der Waals surface area contributed by atoms with E-state index in [1.165, 1.54) is 0 Å². The van der Waals surface area contributed by atoms with Gasteiger partial charge in [-0.05, 0) is 19.8 Å². The van der Waals surface area contributed by atoms with Gasteiger partial charge in [0.25, 0.3) is 0 Å². The van der Waals surface area contributed by atoms with Crippen molar-refractivity contribution < 1.29 is 14.6 Å². The van der Waals surface area contributed by atoms with E-state index in [1.807, 2.05) is 6.92 Å². The number of carboxylic acids is 1. The lowest BCUT2D eigenvalue weighted by molar-refractivity contribution is -0.137. The van der Waals surface area contributed by atoms with Crippen LogP contribution in [0, 0.1) is 6.92 Å². The zero-order valence-electron chi connectivity index (χ0n) is 11.5. The van der Waals surface area contributed by atoms with Crippen LogP contribution in [-0.2, 0) is 4.79 Å². The van der Waals surface area contributed by atoms with Crippen molar-refractivity contribution in [2.75, 3.05) is 19.0 Å². The molecule has 0 fully saturated rings. The van der Waals surface area contributed by atoms with E-state index >= 15 is 0 Å². The molecule has 2 N–H and O–H groups in total. The maximum Gasteiger partial charge on any atom is 0.303 e. The minimum absolute atomic E-state index is 0.260. The number of aromatic nitrogens is 2. The maximum atomic E-state index is 10.3. The van der Waals surface area contributed by atoms with Gasteiger partial charge >= 0.3 is 5.97 Å². The summed E-state index contributed by atoms with van der Waals surface area (Å²) >= 11 is 0. The lowest BCUT2D eigenvalue weighted by atomic mass is 10.1. The van der Waals surface area contributed by atoms with E-state index in [4.69, 9.17) is 9.84 Å². The third-order valence-corrected chi connectivity index (χ3v) is 2.65. The molecule has 19 heavy (non-hydrogen) atoms. The summed E-state index contributed by atoms with van der Waals surface area (Å²) in [6, 6.07) is 1.76. The van der Waals surface area contributed by atoms with Gasteiger partial charge in [0.15, 0.2) is 0 Å². The molecule has 1 aromatic rings. The molecule has 0 unspecified atom stereocenters. The molecule has 1 aromatic heterocycles. The molecule has 106 valence electrons. The first-order valence-corrected chi connectivity index (χ1v) is 6.47. The number of hydrogen-bond acceptors (Lipinski definition) is 5. The monoisotopic (exact) mass is 267 g/mol. The lowest BCUT2D eigenvalue weighted by Crippen LogP contribution is -2.05. The van der Waals surface area contributed by atoms with Crippen molar-refractivity contribution in [1.29, 1.82) is 0 Å². The number of ether oxygens (including phenoxy) is 1. The van der Waals surface area contributed by atoms with Crippen molar-refractivity contribution >= 4 is 11.8 Å². The highest BCUT2D eigenvalue weighted by Gasteiger charge is 2.01. The van der Waals surface area contributed by atoms with Crippen molar-refractivity contribution in [1.82, 2.24) is 9.97 Å². The molecule has 0 aliphatic rings. The first-order chi connectivity index (χ1) is 9.11. The van der Waals surface area contributed by atoms with E-state index in [0.29, 0.717) is 11.7 Å². The number of carbonyl (C=O) groups is 1. The first kappa shape index (κ1) is 15.2. The number of carboxylic acid groups (broad SMARTS) is 1. The third-order valence-electron chi connectivity index (χ3n) is 2.65. The molecule has 0 aromatic carbocycles. The van der Waals surface area contributed by atoms with E-state index < -0.39 is 5.97 Å². The molecule has 0 saturated heterocycles. The largest absolute Gasteiger partial charge is 0.481 e. The van der Waals surface area contributed by atoms with E-state index in [2.05, 4.69) is 15.3 Å². The number of rotatable bonds is 9. The highest BCUT2D eigenvalue weighted by molar-refractivity contribution is 5.66. The van der Waals surface area contributed by atoms with Gasteiger partial charge in [0.05, 0.1) is 7.11 Å². The summed E-state index contributed by atoms with van der Waals surface area (Å²) in [4.78, 5) is 18.7. The highest BCUT2D eigenvalue weighted by atomic mass is 16.5. The molecule has 0 spiro atoms. The molecular weight excluding hydrogens is 246 g/mol. The van der Waals surface area contributed by atoms with E-state index in [0.717, 1.165) is 38.0 Å². The highest BCUT2D eigenvalue weighted by Crippen LogP contribution is 2.13. The van der Waals surface area contributed by atoms with E-state index in [9.17, 15) is 4.79 Å². The fourth-order valence-corrected chi connectivity index (χ4v) is 1.71. The third kappa shape index (κ3) is 6.59. The van der Waals surface area contributed by atoms with Crippen LogP contribution in [0.4, 0.5) is 5.82 Å². The molecule has 6 nitrogen and oxygen atoms in total. The molecule has 0 saturated carbocycles. The Morgan fingerprint density at radius 2 is 2.05 bits per heavy atom. The Bertz CT molecular complexity index is 410. The van der Waals surface area contributed by atoms with Crippen molar-refractivity contribution in [3.05, 3.63) is 11.9 Å². The molecule has 0 atom stereocenters. The molecule has 0 aliphatic heterocycles. The number of hydrogen-bond donors (Lipinski definition) is 2. The number of aryl methyl sites for hydroxylation is 1. The van der Waals surface area contributed by atoms with Crippen LogP contribution in [0.5, 0.6) is 5.88 Å². The Morgan fingerprint density at radius 1 is 1.32 bits per heavy atom. The molecule has 0 amide bonds. The van der Waals surface area contributed by atoms with Crippen LogP contribution in [0.25, 0.3) is 0 Å². The number of nitrogens with one attached hydrogen (secondary N) is 1. The topological polar surface area (TPSA) is 84.3 Å². The average molecular weight is 267 g/mol. The van der Waals surface area contributed by atoms with Crippen LogP contribution < -0.4 is 10.1 Å². The van der Waals surface area contributed by atoms with Gasteiger partial charge in [-0.25, -0.2) is 4.98 Å². The fraction of sp³-hybridized carbons (Fsp3) is 0.615. The van der Waals surface area contributed by atoms with Gasteiger partial charge in [0, 0.05) is 19.0 Å². The smallest absolute Gasteiger partial charge is 0.303 e. The molecular formula is C13H21N3O3. The van der Waals surface area contributed by atoms with Gasteiger partial charge in [0.2, 0.25) is 5.88 Å². The molecule has 1 heterocycles. The van der Waals surface area contributed by atoms with Gasteiger partial charge in [-0.2, -0.15) is 4.98 Å². The van der Waals surface area contributed by atoms with Crippen LogP contribution in [0.2, 0.25) is 0 Å². The van der Waals surface area contributed by atoms with E-state index in [1.54, 1.807) is 13.2 Å². The molecule has 0 radical (unpaired) electrons. The predicted molar refractivity (Wildman–Crippen MR) is 72.5 cm³/mol. The van der Waals surface area contributed by atoms with Gasteiger partial charge < -0.3 is 15.2 Å². The van der Waals surface area contributed by atoms with Crippen molar-refractivity contribution in [2.24, 2.45) is 0 Å². The summed E-state index contributed by atoms with van der Waals surface area (Å²) in [7, 11) is 1.58. The standard InChI is InChI=1S/C13H21N3O3/c1-10-15-11(9-12(16-10)19-2)14-8-6-4-3-5-7-13(17)18/h9H,3-8H2,1-2H3,(H,17,18)(H,14,15,16). The summed E-state index contributed by atoms with van der Waals surface area (Å²) in [5.41, 5.74) is 0. The zero-order valence-corrected chi connectivity index (χ0v) is 11.5. The van der Waals surface area contributed by atoms with Crippen LogP contribution in [0.15, 0.2) is 6.07 Å². The summed E-state index contributed by atoms with van der Waals surface area (Å²) in [6.45, 7) is 2.63. The molecule has 0 bridgehead atoms. The zero-order chi connectivity index (χ0) is 14.1. The summed E-state index contributed by atoms with van der Waals surface area (Å²) in [6.07, 6.45) is 3.96. The van der Waals surface area contributed by atoms with Gasteiger partial charge in [0.1, 0.15) is 11.6 Å². The maximum absolute atomic E-state index is 10.3. The second kappa shape index (κ2) is 8.29. The number of unbranched alkanes of at least 4 members (excludes halogenated alkanes) is 3. The van der Waals surface area contributed by atoms with Crippen LogP contribution in [0.1, 0.15) is 37.9 Å². The Labute approximate surface area is 113 Å². The SMILES string of the molecule is COc1cc(NCCCCCCC(=O)O)nc(C)n1. The number of anilines is 1. The molecule has 1 rings (SSSR count). The summed E-state index contributed by atoms with van der Waals surface area (Å²) in [5, 5.41) is 11.7. The minimum Gasteiger partial charge on any atom is -0.481 e. The first-order valence-electron chi connectivity index (χ1n) is 6.47. The second-order valence-electron chi connectivity index (χ2n) is 4.33. The molecule has 6 heteroatoms. The minimum atomic E-state index is -0.721. The number of aliphatic carboxylic acids is 1. The van der Waals surface area contributed by atoms with Gasteiger partial charge in [-0.15, -0.1) is 0 Å². The van der Waals surface area contributed by atoms with Crippen molar-refractivity contribution in [2.45, 2.75) is 39.0 Å². The van der Waals surface area contributed by atoms with Crippen LogP contribution in [0.3, 0.4) is 0 Å². The van der Waals surface area contributed by atoms with Crippen LogP contribution >= 0.6 is 0 Å². The lowest BCUT2D eigenvalue weighted by Gasteiger charge is -2.07. The fourth-order valence-electron chi connectivity index (χ4n) is 1.71. The average Bonchev–Trinajstić information content (AvgIpc) is 2.36. The Hall–Kier alpha value is -1.85. The normalized spacial score (nSPS) is 10.2. The number of methoxy groups -OCH3 is 1. The summed E-state index contributed by atoms with van der Waals surface area (Å²) < 4.78 is 5.07. The Balaban J connectivity index is 2.18. The Kier molecular flexibility index (Phi) is 6.63. The molecule has 0 aliphatic carbocycles. The predicted octanol–water partition coefficient (Wildman–Crippen LogP) is 2.24. The van der Waals surface area contributed by atoms with Crippen molar-refractivity contribution in [3.8, 4) is 5.88 Å². The van der Waals surface area contributed by atoms with E-state index in [-0.39, 0.29) is 6.42 Å².